The van der Waals surface area contributed by atoms with E-state index >= 15 is 0 Å². The number of nitrogens with one attached hydrogen (secondary N) is 3. The third-order valence-corrected chi connectivity index (χ3v) is 6.86. The van der Waals surface area contributed by atoms with Gasteiger partial charge in [0, 0.05) is 13.0 Å². The maximum Gasteiger partial charge on any atom is 0.408 e. The van der Waals surface area contributed by atoms with Gasteiger partial charge in [-0.3, -0.25) is 19.4 Å². The molecule has 41 heavy (non-hydrogen) atoms. The number of carbonyl (C=O) groups excluding carboxylic acids is 3. The monoisotopic (exact) mass is 576 g/mol. The highest BCUT2D eigenvalue weighted by Crippen LogP contribution is 2.25. The zero-order chi connectivity index (χ0) is 31.1. The number of hydrogen-bond acceptors (Lipinski definition) is 7. The van der Waals surface area contributed by atoms with Crippen molar-refractivity contribution in [1.82, 2.24) is 21.1 Å². The van der Waals surface area contributed by atoms with Crippen LogP contribution in [0.3, 0.4) is 0 Å². The Hall–Kier alpha value is -3.34. The first kappa shape index (κ1) is 33.9. The molecule has 1 fully saturated rings. The molecule has 0 bridgehead atoms. The fourth-order valence-electron chi connectivity index (χ4n) is 4.10. The van der Waals surface area contributed by atoms with Crippen molar-refractivity contribution in [2.75, 3.05) is 6.54 Å². The van der Waals surface area contributed by atoms with Crippen LogP contribution in [-0.4, -0.2) is 70.4 Å². The zero-order valence-corrected chi connectivity index (χ0v) is 25.9. The van der Waals surface area contributed by atoms with Crippen LogP contribution in [0.15, 0.2) is 24.3 Å². The van der Waals surface area contributed by atoms with E-state index in [9.17, 15) is 24.3 Å². The Kier molecular flexibility index (Phi) is 11.6. The second kappa shape index (κ2) is 14.0. The first-order chi connectivity index (χ1) is 18.9. The number of ether oxygens (including phenoxy) is 2. The molecule has 1 aromatic carbocycles. The Morgan fingerprint density at radius 3 is 2.29 bits per heavy atom. The number of alkyl carbamates (subject to hydrolysis) is 1. The number of aliphatic carboxylic acids is 1. The molecule has 4 atom stereocenters. The van der Waals surface area contributed by atoms with Crippen molar-refractivity contribution in [2.24, 2.45) is 11.3 Å². The number of hydrogen-bond donors (Lipinski definition) is 4. The molecule has 1 saturated heterocycles. The molecule has 230 valence electrons. The Labute approximate surface area is 243 Å². The summed E-state index contributed by atoms with van der Waals surface area (Å²) in [6.07, 6.45) is 0.189. The number of nitrogens with zero attached hydrogens (tertiary/aromatic N) is 1. The summed E-state index contributed by atoms with van der Waals surface area (Å²) in [5.74, 6) is -1.75. The lowest BCUT2D eigenvalue weighted by Crippen LogP contribution is -2.62. The van der Waals surface area contributed by atoms with Crippen molar-refractivity contribution >= 4 is 23.9 Å². The van der Waals surface area contributed by atoms with E-state index in [0.717, 1.165) is 5.56 Å². The minimum Gasteiger partial charge on any atom is -0.490 e. The number of rotatable bonds is 10. The average Bonchev–Trinajstić information content (AvgIpc) is 2.84. The molecule has 0 spiro atoms. The maximum absolute atomic E-state index is 13.7. The number of benzene rings is 1. The Bertz CT molecular complexity index is 1080. The Morgan fingerprint density at radius 2 is 1.73 bits per heavy atom. The number of carboxylic acid groups (broad SMARTS) is 1. The lowest BCUT2D eigenvalue weighted by molar-refractivity contribution is -0.148. The fourth-order valence-corrected chi connectivity index (χ4v) is 4.10. The average molecular weight is 577 g/mol. The quantitative estimate of drug-likeness (QED) is 0.330. The highest BCUT2D eigenvalue weighted by atomic mass is 16.6. The fraction of sp³-hybridized carbons (Fsp3) is 0.667. The third kappa shape index (κ3) is 10.9. The Morgan fingerprint density at radius 1 is 1.07 bits per heavy atom. The van der Waals surface area contributed by atoms with E-state index in [-0.39, 0.29) is 23.9 Å². The highest BCUT2D eigenvalue weighted by molar-refractivity contribution is 5.91. The molecule has 0 radical (unpaired) electrons. The maximum atomic E-state index is 13.7. The van der Waals surface area contributed by atoms with Crippen LogP contribution in [-0.2, 0) is 25.5 Å². The van der Waals surface area contributed by atoms with Gasteiger partial charge >= 0.3 is 12.1 Å². The summed E-state index contributed by atoms with van der Waals surface area (Å²) in [5, 5.41) is 16.2. The van der Waals surface area contributed by atoms with Crippen LogP contribution in [0, 0.1) is 11.3 Å². The first-order valence-corrected chi connectivity index (χ1v) is 14.2. The van der Waals surface area contributed by atoms with Crippen LogP contribution in [0.2, 0.25) is 0 Å². The number of amides is 3. The van der Waals surface area contributed by atoms with Crippen LogP contribution < -0.4 is 20.8 Å². The molecule has 11 heteroatoms. The number of carbonyl (C=O) groups is 4. The molecule has 0 aliphatic carbocycles. The summed E-state index contributed by atoms with van der Waals surface area (Å²) >= 11 is 0. The van der Waals surface area contributed by atoms with Crippen molar-refractivity contribution in [1.29, 1.82) is 0 Å². The van der Waals surface area contributed by atoms with Gasteiger partial charge < -0.3 is 25.2 Å². The van der Waals surface area contributed by atoms with Gasteiger partial charge in [-0.2, -0.15) is 0 Å². The molecule has 4 N–H and O–H groups in total. The standard InChI is InChI=1S/C30H48N4O7/c1-18(2)24(32-28(39)41-30(7,8)9)25(35)31-23(26(36)34-15-11-14-22(33-34)27(37)38)17-20-12-10-13-21(16-20)40-19(3)29(4,5)6/h10,12-13,16,18-19,22-24,33H,11,14-15,17H2,1-9H3,(H,31,35)(H,32,39)(H,37,38)/t19?,22-,23-,24-/m0/s1. The molecular weight excluding hydrogens is 528 g/mol. The van der Waals surface area contributed by atoms with Gasteiger partial charge in [-0.25, -0.2) is 10.2 Å². The molecule has 2 rings (SSSR count). The van der Waals surface area contributed by atoms with Crippen molar-refractivity contribution in [3.63, 3.8) is 0 Å². The highest BCUT2D eigenvalue weighted by Gasteiger charge is 2.35. The second-order valence-corrected chi connectivity index (χ2v) is 13.1. The molecule has 3 amide bonds. The zero-order valence-electron chi connectivity index (χ0n) is 25.9. The van der Waals surface area contributed by atoms with Gasteiger partial charge in [-0.05, 0) is 69.6 Å². The second-order valence-electron chi connectivity index (χ2n) is 13.1. The molecule has 0 aromatic heterocycles. The van der Waals surface area contributed by atoms with E-state index in [1.54, 1.807) is 34.6 Å². The molecule has 1 unspecified atom stereocenters. The van der Waals surface area contributed by atoms with Crippen LogP contribution in [0.25, 0.3) is 0 Å². The van der Waals surface area contributed by atoms with E-state index in [1.807, 2.05) is 31.2 Å². The molecule has 0 saturated carbocycles. The molecule has 1 aliphatic rings. The summed E-state index contributed by atoms with van der Waals surface area (Å²) in [5.41, 5.74) is 2.68. The van der Waals surface area contributed by atoms with Crippen LogP contribution >= 0.6 is 0 Å². The van der Waals surface area contributed by atoms with Crippen molar-refractivity contribution < 1.29 is 33.8 Å². The lowest BCUT2D eigenvalue weighted by atomic mass is 9.90. The van der Waals surface area contributed by atoms with Crippen molar-refractivity contribution in [3.05, 3.63) is 29.8 Å². The van der Waals surface area contributed by atoms with Crippen LogP contribution in [0.4, 0.5) is 4.79 Å². The molecule has 1 aromatic rings. The van der Waals surface area contributed by atoms with Gasteiger partial charge in [0.2, 0.25) is 5.91 Å². The summed E-state index contributed by atoms with van der Waals surface area (Å²) in [6, 6.07) is 4.41. The smallest absolute Gasteiger partial charge is 0.408 e. The molecule has 1 heterocycles. The third-order valence-electron chi connectivity index (χ3n) is 6.86. The van der Waals surface area contributed by atoms with E-state index in [2.05, 4.69) is 36.8 Å². The summed E-state index contributed by atoms with van der Waals surface area (Å²) in [6.45, 7) is 17.3. The van der Waals surface area contributed by atoms with Gasteiger partial charge in [0.25, 0.3) is 5.91 Å². The van der Waals surface area contributed by atoms with Gasteiger partial charge in [-0.15, -0.1) is 0 Å². The summed E-state index contributed by atoms with van der Waals surface area (Å²) in [4.78, 5) is 51.2. The van der Waals surface area contributed by atoms with Crippen molar-refractivity contribution in [3.8, 4) is 5.75 Å². The SMILES string of the molecule is CC(C)[C@H](NC(=O)OC(C)(C)C)C(=O)N[C@@H](Cc1cccc(OC(C)C(C)(C)C)c1)C(=O)N1CCC[C@@H](C(=O)O)N1. The predicted octanol–water partition coefficient (Wildman–Crippen LogP) is 3.66. The minimum atomic E-state index is -1.05. The van der Waals surface area contributed by atoms with Crippen molar-refractivity contribution in [2.45, 2.75) is 111 Å². The number of hydrazine groups is 1. The van der Waals surface area contributed by atoms with Gasteiger partial charge in [0.15, 0.2) is 0 Å². The van der Waals surface area contributed by atoms with Gasteiger partial charge in [-0.1, -0.05) is 46.8 Å². The molecule has 1 aliphatic heterocycles. The van der Waals surface area contributed by atoms with Crippen LogP contribution in [0.5, 0.6) is 5.75 Å². The normalized spacial score (nSPS) is 18.2. The van der Waals surface area contributed by atoms with E-state index in [0.29, 0.717) is 25.1 Å². The van der Waals surface area contributed by atoms with E-state index in [4.69, 9.17) is 9.47 Å². The van der Waals surface area contributed by atoms with E-state index in [1.165, 1.54) is 5.01 Å². The molecular formula is C30H48N4O7. The van der Waals surface area contributed by atoms with Crippen LogP contribution in [0.1, 0.15) is 80.7 Å². The minimum absolute atomic E-state index is 0.0777. The van der Waals surface area contributed by atoms with Gasteiger partial charge in [0.05, 0.1) is 0 Å². The Balaban J connectivity index is 2.32. The summed E-state index contributed by atoms with van der Waals surface area (Å²) in [7, 11) is 0. The first-order valence-electron chi connectivity index (χ1n) is 14.2. The topological polar surface area (TPSA) is 146 Å². The number of carboxylic acids is 1. The van der Waals surface area contributed by atoms with Gasteiger partial charge in [0.1, 0.15) is 35.6 Å². The predicted molar refractivity (Wildman–Crippen MR) is 155 cm³/mol. The largest absolute Gasteiger partial charge is 0.490 e. The molecule has 11 nitrogen and oxygen atoms in total. The van der Waals surface area contributed by atoms with E-state index < -0.39 is 47.6 Å². The summed E-state index contributed by atoms with van der Waals surface area (Å²) < 4.78 is 11.5. The lowest BCUT2D eigenvalue weighted by Gasteiger charge is -2.35.